The van der Waals surface area contributed by atoms with Crippen LogP contribution in [-0.2, 0) is 9.59 Å². The summed E-state index contributed by atoms with van der Waals surface area (Å²) in [5.41, 5.74) is 0. The molecule has 0 aromatic heterocycles. The van der Waals surface area contributed by atoms with Crippen molar-refractivity contribution >= 4 is 11.9 Å². The lowest BCUT2D eigenvalue weighted by Crippen LogP contribution is -2.27. The first-order valence-corrected chi connectivity index (χ1v) is 3.62. The number of nitrogens with zero attached hydrogens (tertiary/aromatic N) is 1. The molecule has 4 N–H and O–H groups in total. The molecule has 6 nitrogen and oxygen atoms in total. The van der Waals surface area contributed by atoms with Gasteiger partial charge in [-0.2, -0.15) is 0 Å². The van der Waals surface area contributed by atoms with E-state index in [0.29, 0.717) is 0 Å². The molecule has 0 aromatic carbocycles. The number of hydrogen-bond donors (Lipinski definition) is 2. The van der Waals surface area contributed by atoms with Gasteiger partial charge in [0.25, 0.3) is 5.97 Å². The Balaban J connectivity index is -0.0000000522. The molecule has 0 saturated heterocycles. The van der Waals surface area contributed by atoms with Crippen molar-refractivity contribution in [3.63, 3.8) is 0 Å². The van der Waals surface area contributed by atoms with Gasteiger partial charge in [0, 0.05) is 12.9 Å². The zero-order valence-electron chi connectivity index (χ0n) is 9.83. The maximum absolute atomic E-state index is 9.00. The summed E-state index contributed by atoms with van der Waals surface area (Å²) in [4.78, 5) is 17.9. The van der Waals surface area contributed by atoms with Crippen LogP contribution in [0, 0.1) is 0 Å². The Morgan fingerprint density at radius 3 is 1.07 bits per heavy atom. The lowest BCUT2D eigenvalue weighted by molar-refractivity contribution is -0.849. The molecule has 0 aliphatic carbocycles. The fraction of sp³-hybridized carbons (Fsp3) is 0.750. The van der Waals surface area contributed by atoms with Crippen LogP contribution in [-0.4, -0.2) is 49.7 Å². The second-order valence-electron chi connectivity index (χ2n) is 3.69. The summed E-state index contributed by atoms with van der Waals surface area (Å²) < 4.78 is 1.00. The van der Waals surface area contributed by atoms with Crippen molar-refractivity contribution in [2.75, 3.05) is 28.2 Å². The Kier molecular flexibility index (Phi) is 19.5. The Morgan fingerprint density at radius 1 is 1.07 bits per heavy atom. The summed E-state index contributed by atoms with van der Waals surface area (Å²) in [5.74, 6) is -1.92. The first-order valence-electron chi connectivity index (χ1n) is 3.62. The van der Waals surface area contributed by atoms with E-state index in [9.17, 15) is 0 Å². The summed E-state index contributed by atoms with van der Waals surface area (Å²) in [7, 11) is 8.50. The Bertz CT molecular complexity index is 126. The minimum absolute atomic E-state index is 0. The van der Waals surface area contributed by atoms with E-state index in [1.807, 2.05) is 0 Å². The SMILES string of the molecule is CC(=O)O.CC(=O)[O-].C[N+](C)(C)C.N. The number of carbonyl (C=O) groups excluding carboxylic acids is 1. The Labute approximate surface area is 85.3 Å². The Morgan fingerprint density at radius 2 is 1.07 bits per heavy atom. The third kappa shape index (κ3) is 812. The van der Waals surface area contributed by atoms with Gasteiger partial charge in [-0.05, 0) is 6.92 Å². The molecule has 0 amide bonds. The molecule has 0 aliphatic rings. The number of carboxylic acids is 2. The number of rotatable bonds is 0. The van der Waals surface area contributed by atoms with Crippen molar-refractivity contribution in [3.05, 3.63) is 0 Å². The molecule has 14 heavy (non-hydrogen) atoms. The molecular formula is C8H22N2O4. The maximum Gasteiger partial charge on any atom is 0.300 e. The van der Waals surface area contributed by atoms with Crippen LogP contribution in [0.5, 0.6) is 0 Å². The second-order valence-corrected chi connectivity index (χ2v) is 3.69. The average molecular weight is 210 g/mol. The third-order valence-electron chi connectivity index (χ3n) is 0. The van der Waals surface area contributed by atoms with Crippen molar-refractivity contribution in [3.8, 4) is 0 Å². The van der Waals surface area contributed by atoms with Gasteiger partial charge in [0.2, 0.25) is 0 Å². The van der Waals surface area contributed by atoms with Crippen molar-refractivity contribution in [1.82, 2.24) is 6.15 Å². The van der Waals surface area contributed by atoms with Crippen LogP contribution < -0.4 is 11.3 Å². The highest BCUT2D eigenvalue weighted by molar-refractivity contribution is 5.62. The van der Waals surface area contributed by atoms with Gasteiger partial charge in [0.15, 0.2) is 0 Å². The normalized spacial score (nSPS) is 7.86. The molecule has 0 heterocycles. The van der Waals surface area contributed by atoms with Gasteiger partial charge in [0.05, 0.1) is 28.2 Å². The van der Waals surface area contributed by atoms with Crippen LogP contribution in [0.3, 0.4) is 0 Å². The smallest absolute Gasteiger partial charge is 0.300 e. The van der Waals surface area contributed by atoms with Crippen LogP contribution >= 0.6 is 0 Å². The van der Waals surface area contributed by atoms with Crippen LogP contribution in [0.1, 0.15) is 13.8 Å². The molecule has 88 valence electrons. The van der Waals surface area contributed by atoms with E-state index in [1.165, 1.54) is 0 Å². The summed E-state index contributed by atoms with van der Waals surface area (Å²) in [6.07, 6.45) is 0. The Hall–Kier alpha value is -1.14. The van der Waals surface area contributed by atoms with Gasteiger partial charge in [-0.1, -0.05) is 0 Å². The van der Waals surface area contributed by atoms with Gasteiger partial charge in [-0.15, -0.1) is 0 Å². The topological polar surface area (TPSA) is 112 Å². The van der Waals surface area contributed by atoms with E-state index in [-0.39, 0.29) is 6.15 Å². The highest BCUT2D eigenvalue weighted by Crippen LogP contribution is 1.73. The number of quaternary nitrogens is 1. The first-order chi connectivity index (χ1) is 5.46. The van der Waals surface area contributed by atoms with Gasteiger partial charge >= 0.3 is 0 Å². The van der Waals surface area contributed by atoms with Crippen LogP contribution in [0.4, 0.5) is 0 Å². The fourth-order valence-electron chi connectivity index (χ4n) is 0. The first kappa shape index (κ1) is 23.0. The third-order valence-corrected chi connectivity index (χ3v) is 0. The number of carboxylic acid groups (broad SMARTS) is 2. The molecule has 0 spiro atoms. The number of carbonyl (C=O) groups is 2. The molecule has 0 saturated carbocycles. The molecule has 0 bridgehead atoms. The summed E-state index contributed by atoms with van der Waals surface area (Å²) >= 11 is 0. The van der Waals surface area contributed by atoms with Crippen molar-refractivity contribution < 1.29 is 24.3 Å². The highest BCUT2D eigenvalue weighted by Gasteiger charge is 1.88. The second kappa shape index (κ2) is 11.9. The van der Waals surface area contributed by atoms with Gasteiger partial charge in [-0.25, -0.2) is 0 Å². The molecule has 0 atom stereocenters. The van der Waals surface area contributed by atoms with Crippen LogP contribution in [0.25, 0.3) is 0 Å². The highest BCUT2D eigenvalue weighted by atomic mass is 16.4. The van der Waals surface area contributed by atoms with Crippen LogP contribution in [0.15, 0.2) is 0 Å². The summed E-state index contributed by atoms with van der Waals surface area (Å²) in [6, 6.07) is 0. The minimum atomic E-state index is -1.08. The predicted octanol–water partition coefficient (Wildman–Crippen LogP) is -0.668. The monoisotopic (exact) mass is 210 g/mol. The standard InChI is InChI=1S/C4H12N.2C2H4O2.H3N/c1-5(2,3)4;2*1-2(3)4;/h1-4H3;2*1H3,(H,3,4);1H3/q+1;;;/p-1. The van der Waals surface area contributed by atoms with E-state index < -0.39 is 11.9 Å². The number of aliphatic carboxylic acids is 2. The molecule has 0 radical (unpaired) electrons. The molecule has 0 aliphatic heterocycles. The lowest BCUT2D eigenvalue weighted by Gasteiger charge is -2.14. The minimum Gasteiger partial charge on any atom is -0.550 e. The predicted molar refractivity (Wildman–Crippen MR) is 53.0 cm³/mol. The van der Waals surface area contributed by atoms with Gasteiger partial charge in [0.1, 0.15) is 0 Å². The van der Waals surface area contributed by atoms with E-state index >= 15 is 0 Å². The summed E-state index contributed by atoms with van der Waals surface area (Å²) in [6.45, 7) is 2.06. The molecule has 0 rings (SSSR count). The molecule has 0 aromatic rings. The zero-order valence-corrected chi connectivity index (χ0v) is 9.83. The van der Waals surface area contributed by atoms with Gasteiger partial charge < -0.3 is 25.6 Å². The van der Waals surface area contributed by atoms with Crippen molar-refractivity contribution in [2.45, 2.75) is 13.8 Å². The molecular weight excluding hydrogens is 188 g/mol. The van der Waals surface area contributed by atoms with Crippen molar-refractivity contribution in [2.24, 2.45) is 0 Å². The molecule has 0 unspecified atom stereocenters. The number of hydrogen-bond acceptors (Lipinski definition) is 4. The largest absolute Gasteiger partial charge is 0.550 e. The zero-order chi connectivity index (χ0) is 11.7. The molecule has 0 fully saturated rings. The quantitative estimate of drug-likeness (QED) is 0.515. The van der Waals surface area contributed by atoms with Gasteiger partial charge in [-0.3, -0.25) is 4.79 Å². The average Bonchev–Trinajstić information content (AvgIpc) is 1.50. The maximum atomic E-state index is 9.00. The lowest BCUT2D eigenvalue weighted by atomic mass is 10.8. The van der Waals surface area contributed by atoms with E-state index in [2.05, 4.69) is 28.2 Å². The van der Waals surface area contributed by atoms with Crippen LogP contribution in [0.2, 0.25) is 0 Å². The summed E-state index contributed by atoms with van der Waals surface area (Å²) in [5, 5.41) is 16.3. The van der Waals surface area contributed by atoms with E-state index in [0.717, 1.165) is 18.3 Å². The van der Waals surface area contributed by atoms with E-state index in [1.54, 1.807) is 0 Å². The van der Waals surface area contributed by atoms with Crippen molar-refractivity contribution in [1.29, 1.82) is 0 Å². The molecule has 6 heteroatoms. The fourth-order valence-corrected chi connectivity index (χ4v) is 0. The van der Waals surface area contributed by atoms with E-state index in [4.69, 9.17) is 19.8 Å².